The molecule has 0 fully saturated rings. The third-order valence-electron chi connectivity index (χ3n) is 7.70. The summed E-state index contributed by atoms with van der Waals surface area (Å²) in [6.07, 6.45) is 46.3. The van der Waals surface area contributed by atoms with Gasteiger partial charge >= 0.3 is 19.8 Å². The Morgan fingerprint density at radius 2 is 0.920 bits per heavy atom. The van der Waals surface area contributed by atoms with E-state index >= 15 is 0 Å². The Morgan fingerprint density at radius 3 is 1.44 bits per heavy atom. The molecular formula is C41H69O8P. The van der Waals surface area contributed by atoms with Crippen molar-refractivity contribution in [1.82, 2.24) is 0 Å². The van der Waals surface area contributed by atoms with Gasteiger partial charge in [0.05, 0.1) is 6.61 Å². The van der Waals surface area contributed by atoms with Crippen molar-refractivity contribution in [2.45, 2.75) is 161 Å². The van der Waals surface area contributed by atoms with Crippen LogP contribution in [0, 0.1) is 0 Å². The summed E-state index contributed by atoms with van der Waals surface area (Å²) in [5.41, 5.74) is 0. The average molecular weight is 721 g/mol. The summed E-state index contributed by atoms with van der Waals surface area (Å²) in [6.45, 7) is 3.55. The molecule has 0 saturated heterocycles. The second-order valence-corrected chi connectivity index (χ2v) is 13.8. The minimum absolute atomic E-state index is 0.149. The van der Waals surface area contributed by atoms with E-state index in [1.54, 1.807) is 0 Å². The van der Waals surface area contributed by atoms with Gasteiger partial charge in [0, 0.05) is 12.8 Å². The van der Waals surface area contributed by atoms with Crippen LogP contribution in [0.25, 0.3) is 0 Å². The van der Waals surface area contributed by atoms with Gasteiger partial charge in [-0.15, -0.1) is 0 Å². The van der Waals surface area contributed by atoms with E-state index in [1.807, 2.05) is 6.08 Å². The van der Waals surface area contributed by atoms with Gasteiger partial charge in [0.2, 0.25) is 0 Å². The molecule has 0 rings (SSSR count). The first-order valence-corrected chi connectivity index (χ1v) is 20.8. The summed E-state index contributed by atoms with van der Waals surface area (Å²) in [5.74, 6) is -0.998. The van der Waals surface area contributed by atoms with Gasteiger partial charge in [-0.2, -0.15) is 0 Å². The standard InChI is InChI=1S/C41H69O8P/c1-3-5-7-9-11-13-15-17-19-20-22-23-25-27-29-31-33-35-40(42)47-37-39(38-48-50(44,45)46)49-41(43)36-34-32-30-28-26-24-21-18-16-14-12-10-8-6-4-2/h12,14,17-19,21-23,26-29,39H,3-11,13,15-16,20,24-25,30-38H2,1-2H3,(H2,44,45,46)/b14-12-,19-17-,21-18-,23-22-,28-26-,29-27-/t39-/m1/s1. The number of carbonyl (C=O) groups excluding carboxylic acids is 2. The van der Waals surface area contributed by atoms with Gasteiger partial charge in [0.25, 0.3) is 0 Å². The lowest BCUT2D eigenvalue weighted by Gasteiger charge is -2.18. The lowest BCUT2D eigenvalue weighted by Crippen LogP contribution is -2.29. The highest BCUT2D eigenvalue weighted by Crippen LogP contribution is 2.35. The molecule has 0 heterocycles. The number of phosphoric ester groups is 1. The zero-order chi connectivity index (χ0) is 36.8. The first-order valence-electron chi connectivity index (χ1n) is 19.2. The van der Waals surface area contributed by atoms with Crippen LogP contribution < -0.4 is 0 Å². The van der Waals surface area contributed by atoms with Crippen molar-refractivity contribution in [2.24, 2.45) is 0 Å². The number of hydrogen-bond acceptors (Lipinski definition) is 6. The molecule has 50 heavy (non-hydrogen) atoms. The Bertz CT molecular complexity index is 1040. The Kier molecular flexibility index (Phi) is 34.5. The lowest BCUT2D eigenvalue weighted by molar-refractivity contribution is -0.161. The molecule has 286 valence electrons. The number of rotatable bonds is 34. The van der Waals surface area contributed by atoms with Crippen LogP contribution in [0.5, 0.6) is 0 Å². The van der Waals surface area contributed by atoms with E-state index < -0.39 is 32.5 Å². The Hall–Kier alpha value is -2.51. The molecule has 0 aliphatic rings. The van der Waals surface area contributed by atoms with Gasteiger partial charge in [0.15, 0.2) is 6.10 Å². The van der Waals surface area contributed by atoms with Gasteiger partial charge in [-0.1, -0.05) is 132 Å². The van der Waals surface area contributed by atoms with Crippen molar-refractivity contribution in [3.63, 3.8) is 0 Å². The molecule has 0 bridgehead atoms. The normalized spacial score (nSPS) is 13.3. The van der Waals surface area contributed by atoms with Crippen molar-refractivity contribution >= 4 is 19.8 Å². The molecule has 0 aromatic heterocycles. The van der Waals surface area contributed by atoms with Gasteiger partial charge in [-0.3, -0.25) is 14.1 Å². The average Bonchev–Trinajstić information content (AvgIpc) is 3.08. The molecule has 0 aliphatic heterocycles. The quantitative estimate of drug-likeness (QED) is 0.0292. The van der Waals surface area contributed by atoms with Crippen LogP contribution in [0.3, 0.4) is 0 Å². The largest absolute Gasteiger partial charge is 0.469 e. The maximum Gasteiger partial charge on any atom is 0.469 e. The number of phosphoric acid groups is 1. The van der Waals surface area contributed by atoms with Crippen LogP contribution in [0.1, 0.15) is 155 Å². The first kappa shape index (κ1) is 47.5. The molecular weight excluding hydrogens is 651 g/mol. The fraction of sp³-hybridized carbons (Fsp3) is 0.659. The summed E-state index contributed by atoms with van der Waals surface area (Å²) in [6, 6.07) is 0. The fourth-order valence-electron chi connectivity index (χ4n) is 4.81. The van der Waals surface area contributed by atoms with Crippen molar-refractivity contribution in [1.29, 1.82) is 0 Å². The molecule has 2 N–H and O–H groups in total. The van der Waals surface area contributed by atoms with E-state index in [0.717, 1.165) is 57.8 Å². The van der Waals surface area contributed by atoms with Crippen LogP contribution in [0.15, 0.2) is 72.9 Å². The molecule has 0 aromatic carbocycles. The molecule has 9 heteroatoms. The van der Waals surface area contributed by atoms with E-state index in [-0.39, 0.29) is 19.4 Å². The zero-order valence-corrected chi connectivity index (χ0v) is 32.2. The third kappa shape index (κ3) is 38.3. The van der Waals surface area contributed by atoms with E-state index in [4.69, 9.17) is 19.3 Å². The summed E-state index contributed by atoms with van der Waals surface area (Å²) < 4.78 is 26.2. The predicted molar refractivity (Wildman–Crippen MR) is 207 cm³/mol. The van der Waals surface area contributed by atoms with Crippen LogP contribution in [0.2, 0.25) is 0 Å². The minimum Gasteiger partial charge on any atom is -0.462 e. The van der Waals surface area contributed by atoms with Crippen LogP contribution in [0.4, 0.5) is 0 Å². The predicted octanol–water partition coefficient (Wildman–Crippen LogP) is 11.5. The van der Waals surface area contributed by atoms with Gasteiger partial charge in [-0.25, -0.2) is 4.57 Å². The van der Waals surface area contributed by atoms with Crippen molar-refractivity contribution in [2.75, 3.05) is 13.2 Å². The van der Waals surface area contributed by atoms with E-state index in [2.05, 4.69) is 85.2 Å². The fourth-order valence-corrected chi connectivity index (χ4v) is 5.17. The van der Waals surface area contributed by atoms with Crippen molar-refractivity contribution < 1.29 is 37.9 Å². The highest BCUT2D eigenvalue weighted by Gasteiger charge is 2.22. The van der Waals surface area contributed by atoms with Crippen LogP contribution in [-0.2, 0) is 28.2 Å². The van der Waals surface area contributed by atoms with E-state index in [0.29, 0.717) is 12.8 Å². The molecule has 0 aliphatic carbocycles. The number of hydrogen-bond donors (Lipinski definition) is 2. The molecule has 0 amide bonds. The summed E-state index contributed by atoms with van der Waals surface area (Å²) >= 11 is 0. The molecule has 0 saturated carbocycles. The number of ether oxygens (including phenoxy) is 2. The highest BCUT2D eigenvalue weighted by atomic mass is 31.2. The van der Waals surface area contributed by atoms with E-state index in [1.165, 1.54) is 57.8 Å². The molecule has 8 nitrogen and oxygen atoms in total. The molecule has 0 radical (unpaired) electrons. The zero-order valence-electron chi connectivity index (χ0n) is 31.3. The number of allylic oxidation sites excluding steroid dienone is 12. The number of esters is 2. The SMILES string of the molecule is CCCCC/C=C\C/C=C\C/C=C\CCCCC(=O)O[C@H](COC(=O)CCC/C=C\C/C=C\C/C=C\CCCCCCCC)COP(=O)(O)O. The number of unbranched alkanes of at least 4 members (excludes halogenated alkanes) is 12. The lowest BCUT2D eigenvalue weighted by atomic mass is 10.1. The van der Waals surface area contributed by atoms with Gasteiger partial charge in [0.1, 0.15) is 6.61 Å². The van der Waals surface area contributed by atoms with Gasteiger partial charge in [-0.05, 0) is 83.5 Å². The Morgan fingerprint density at radius 1 is 0.520 bits per heavy atom. The molecule has 1 atom stereocenters. The summed E-state index contributed by atoms with van der Waals surface area (Å²) in [4.78, 5) is 42.7. The number of carbonyl (C=O) groups is 2. The molecule has 0 unspecified atom stereocenters. The van der Waals surface area contributed by atoms with Crippen molar-refractivity contribution in [3.05, 3.63) is 72.9 Å². The first-order chi connectivity index (χ1) is 24.3. The Labute approximate surface area is 304 Å². The van der Waals surface area contributed by atoms with Crippen LogP contribution in [-0.4, -0.2) is 41.0 Å². The third-order valence-corrected chi connectivity index (χ3v) is 8.18. The molecule has 0 aromatic rings. The maximum atomic E-state index is 12.3. The maximum absolute atomic E-state index is 12.3. The summed E-state index contributed by atoms with van der Waals surface area (Å²) in [5, 5.41) is 0. The Balaban J connectivity index is 4.14. The summed E-state index contributed by atoms with van der Waals surface area (Å²) in [7, 11) is -4.78. The topological polar surface area (TPSA) is 119 Å². The van der Waals surface area contributed by atoms with Crippen molar-refractivity contribution in [3.8, 4) is 0 Å². The second-order valence-electron chi connectivity index (χ2n) is 12.5. The van der Waals surface area contributed by atoms with Crippen LogP contribution >= 0.6 is 7.82 Å². The monoisotopic (exact) mass is 720 g/mol. The highest BCUT2D eigenvalue weighted by molar-refractivity contribution is 7.46. The molecule has 0 spiro atoms. The van der Waals surface area contributed by atoms with E-state index in [9.17, 15) is 14.2 Å². The smallest absolute Gasteiger partial charge is 0.462 e. The minimum atomic E-state index is -4.78. The van der Waals surface area contributed by atoms with Gasteiger partial charge < -0.3 is 19.3 Å². The second kappa shape index (κ2) is 36.3.